The Morgan fingerprint density at radius 3 is 2.47 bits per heavy atom. The molecule has 0 fully saturated rings. The summed E-state index contributed by atoms with van der Waals surface area (Å²) in [4.78, 5) is 16.5. The SMILES string of the molecule is CCc1cc(OC(F)(F)F)cc2c1O[C@H](C(F)(F)F)C(C(=O)OC(C)O/N=N\O)=C2. The van der Waals surface area contributed by atoms with Crippen LogP contribution in [0, 0.1) is 0 Å². The van der Waals surface area contributed by atoms with Gasteiger partial charge in [0.05, 0.1) is 16.1 Å². The number of rotatable bonds is 6. The van der Waals surface area contributed by atoms with Crippen LogP contribution in [0.25, 0.3) is 6.08 Å². The topological polar surface area (TPSA) is 98.9 Å². The van der Waals surface area contributed by atoms with Gasteiger partial charge in [-0.25, -0.2) is 4.79 Å². The van der Waals surface area contributed by atoms with Crippen molar-refractivity contribution in [3.63, 3.8) is 0 Å². The van der Waals surface area contributed by atoms with Crippen LogP contribution >= 0.6 is 0 Å². The number of carbonyl (C=O) groups excluding carboxylic acids is 1. The van der Waals surface area contributed by atoms with Crippen molar-refractivity contribution in [1.29, 1.82) is 0 Å². The highest BCUT2D eigenvalue weighted by Gasteiger charge is 2.49. The van der Waals surface area contributed by atoms with E-state index in [1.165, 1.54) is 6.92 Å². The third kappa shape index (κ3) is 5.67. The Bertz CT molecular complexity index is 852. The van der Waals surface area contributed by atoms with Crippen molar-refractivity contribution in [2.75, 3.05) is 0 Å². The van der Waals surface area contributed by atoms with Crippen LogP contribution in [0.3, 0.4) is 0 Å². The summed E-state index contributed by atoms with van der Waals surface area (Å²) in [6.07, 6.45) is -13.7. The molecule has 1 aromatic carbocycles. The number of benzene rings is 1. The minimum atomic E-state index is -5.05. The zero-order valence-electron chi connectivity index (χ0n) is 15.2. The number of hydrogen-bond acceptors (Lipinski definition) is 7. The Morgan fingerprint density at radius 1 is 1.27 bits per heavy atom. The maximum Gasteiger partial charge on any atom is 0.573 e. The lowest BCUT2D eigenvalue weighted by molar-refractivity contribution is -0.274. The maximum atomic E-state index is 13.5. The summed E-state index contributed by atoms with van der Waals surface area (Å²) in [5.41, 5.74) is -1.29. The normalized spacial score (nSPS) is 17.6. The van der Waals surface area contributed by atoms with Gasteiger partial charge >= 0.3 is 18.5 Å². The van der Waals surface area contributed by atoms with Crippen molar-refractivity contribution in [3.05, 3.63) is 28.8 Å². The number of halogens is 6. The van der Waals surface area contributed by atoms with Gasteiger partial charge in [-0.2, -0.15) is 13.2 Å². The summed E-state index contributed by atoms with van der Waals surface area (Å²) < 4.78 is 91.4. The molecular weight excluding hydrogens is 430 g/mol. The molecule has 1 heterocycles. The monoisotopic (exact) mass is 444 g/mol. The van der Waals surface area contributed by atoms with E-state index in [-0.39, 0.29) is 23.3 Å². The molecule has 1 aliphatic heterocycles. The lowest BCUT2D eigenvalue weighted by Gasteiger charge is -2.29. The molecule has 1 N–H and O–H groups in total. The fraction of sp³-hybridized carbons (Fsp3) is 0.438. The van der Waals surface area contributed by atoms with Crippen molar-refractivity contribution < 1.29 is 55.4 Å². The van der Waals surface area contributed by atoms with Gasteiger partial charge in [0.1, 0.15) is 11.5 Å². The van der Waals surface area contributed by atoms with E-state index >= 15 is 0 Å². The van der Waals surface area contributed by atoms with Gasteiger partial charge in [-0.05, 0) is 30.2 Å². The number of esters is 1. The molecule has 0 amide bonds. The number of carbonyl (C=O) groups is 1. The van der Waals surface area contributed by atoms with E-state index in [9.17, 15) is 31.1 Å². The number of hydrogen-bond donors (Lipinski definition) is 1. The summed E-state index contributed by atoms with van der Waals surface area (Å²) in [5, 5.41) is 13.0. The summed E-state index contributed by atoms with van der Waals surface area (Å²) in [6, 6.07) is 1.68. The number of ether oxygens (including phenoxy) is 3. The van der Waals surface area contributed by atoms with Crippen LogP contribution in [0.5, 0.6) is 11.5 Å². The van der Waals surface area contributed by atoms with Crippen molar-refractivity contribution in [3.8, 4) is 11.5 Å². The molecule has 1 unspecified atom stereocenters. The summed E-state index contributed by atoms with van der Waals surface area (Å²) in [6.45, 7) is 2.55. The summed E-state index contributed by atoms with van der Waals surface area (Å²) >= 11 is 0. The summed E-state index contributed by atoms with van der Waals surface area (Å²) in [7, 11) is 0. The molecule has 0 saturated carbocycles. The fourth-order valence-electron chi connectivity index (χ4n) is 2.55. The van der Waals surface area contributed by atoms with Crippen molar-refractivity contribution in [2.24, 2.45) is 10.6 Å². The third-order valence-electron chi connectivity index (χ3n) is 3.65. The lowest BCUT2D eigenvalue weighted by Crippen LogP contribution is -2.41. The Morgan fingerprint density at radius 2 is 1.93 bits per heavy atom. The Hall–Kier alpha value is -3.19. The molecule has 0 radical (unpaired) electrons. The molecule has 2 atom stereocenters. The molecule has 0 bridgehead atoms. The van der Waals surface area contributed by atoms with E-state index in [1.54, 1.807) is 0 Å². The zero-order valence-corrected chi connectivity index (χ0v) is 15.2. The second-order valence-electron chi connectivity index (χ2n) is 5.79. The molecule has 2 rings (SSSR count). The fourth-order valence-corrected chi connectivity index (χ4v) is 2.55. The van der Waals surface area contributed by atoms with E-state index in [4.69, 9.17) is 9.94 Å². The van der Waals surface area contributed by atoms with E-state index in [0.717, 1.165) is 19.1 Å². The van der Waals surface area contributed by atoms with Crippen LogP contribution < -0.4 is 9.47 Å². The zero-order chi connectivity index (χ0) is 22.7. The van der Waals surface area contributed by atoms with E-state index in [1.807, 2.05) is 0 Å². The standard InChI is InChI=1S/C16H14F6N2O6/c1-3-8-4-10(29-16(20,21)22)5-9-6-11(13(15(17,18)19)28-12(8)9)14(25)27-7(2)30-24-23-26/h4-7,13H,3H2,1-2H3,(H,24,26)/t7?,13-/m0/s1. The van der Waals surface area contributed by atoms with Crippen molar-refractivity contribution >= 4 is 12.0 Å². The van der Waals surface area contributed by atoms with Gasteiger partial charge in [-0.1, -0.05) is 6.92 Å². The van der Waals surface area contributed by atoms with Gasteiger partial charge in [0.25, 0.3) is 6.29 Å². The van der Waals surface area contributed by atoms with E-state index in [2.05, 4.69) is 24.9 Å². The van der Waals surface area contributed by atoms with Gasteiger partial charge in [0, 0.05) is 12.5 Å². The lowest BCUT2D eigenvalue weighted by atomic mass is 9.97. The van der Waals surface area contributed by atoms with Crippen LogP contribution in [-0.4, -0.2) is 36.1 Å². The molecule has 8 nitrogen and oxygen atoms in total. The number of aryl methyl sites for hydroxylation is 1. The Labute approximate surface area is 164 Å². The van der Waals surface area contributed by atoms with Crippen molar-refractivity contribution in [2.45, 2.75) is 45.2 Å². The molecule has 1 aromatic rings. The second-order valence-corrected chi connectivity index (χ2v) is 5.79. The average Bonchev–Trinajstić information content (AvgIpc) is 2.62. The molecule has 1 aliphatic rings. The van der Waals surface area contributed by atoms with Gasteiger partial charge in [-0.3, -0.25) is 0 Å². The molecule has 0 saturated heterocycles. The molecule has 0 aliphatic carbocycles. The van der Waals surface area contributed by atoms with Gasteiger partial charge in [-0.15, -0.1) is 13.2 Å². The largest absolute Gasteiger partial charge is 0.573 e. The van der Waals surface area contributed by atoms with E-state index in [0.29, 0.717) is 6.08 Å². The Kier molecular flexibility index (Phi) is 6.67. The van der Waals surface area contributed by atoms with Crippen LogP contribution in [0.2, 0.25) is 0 Å². The smallest absolute Gasteiger partial charge is 0.475 e. The minimum absolute atomic E-state index is 0.00438. The second kappa shape index (κ2) is 8.67. The molecular formula is C16H14F6N2O6. The maximum absolute atomic E-state index is 13.5. The van der Waals surface area contributed by atoms with Crippen LogP contribution in [-0.2, 0) is 20.8 Å². The predicted octanol–water partition coefficient (Wildman–Crippen LogP) is 4.52. The first-order valence-corrected chi connectivity index (χ1v) is 8.14. The molecule has 0 spiro atoms. The van der Waals surface area contributed by atoms with Crippen molar-refractivity contribution in [1.82, 2.24) is 0 Å². The number of nitrogens with zero attached hydrogens (tertiary/aromatic N) is 2. The average molecular weight is 444 g/mol. The number of fused-ring (bicyclic) bond motifs is 1. The third-order valence-corrected chi connectivity index (χ3v) is 3.65. The highest BCUT2D eigenvalue weighted by atomic mass is 19.4. The predicted molar refractivity (Wildman–Crippen MR) is 84.2 cm³/mol. The van der Waals surface area contributed by atoms with Crippen LogP contribution in [0.1, 0.15) is 25.0 Å². The van der Waals surface area contributed by atoms with Gasteiger partial charge in [0.15, 0.2) is 0 Å². The van der Waals surface area contributed by atoms with Gasteiger partial charge < -0.3 is 24.3 Å². The van der Waals surface area contributed by atoms with Crippen LogP contribution in [0.4, 0.5) is 26.3 Å². The molecule has 166 valence electrons. The first-order chi connectivity index (χ1) is 13.9. The molecule has 30 heavy (non-hydrogen) atoms. The highest BCUT2D eigenvalue weighted by Crippen LogP contribution is 2.42. The minimum Gasteiger partial charge on any atom is -0.475 e. The Balaban J connectivity index is 2.49. The quantitative estimate of drug-likeness (QED) is 0.228. The first-order valence-electron chi connectivity index (χ1n) is 8.14. The molecule has 0 aromatic heterocycles. The first kappa shape index (κ1) is 23.1. The number of alkyl halides is 6. The molecule has 14 heteroatoms. The highest BCUT2D eigenvalue weighted by molar-refractivity contribution is 5.96. The van der Waals surface area contributed by atoms with E-state index < -0.39 is 42.2 Å². The summed E-state index contributed by atoms with van der Waals surface area (Å²) in [5.74, 6) is -2.58. The van der Waals surface area contributed by atoms with Gasteiger partial charge in [0.2, 0.25) is 6.10 Å². The van der Waals surface area contributed by atoms with Crippen LogP contribution in [0.15, 0.2) is 28.3 Å².